The van der Waals surface area contributed by atoms with E-state index in [1.807, 2.05) is 0 Å². The summed E-state index contributed by atoms with van der Waals surface area (Å²) < 4.78 is 13.1. The molecule has 1 rings (SSSR count). The second-order valence-corrected chi connectivity index (χ2v) is 3.52. The Kier molecular flexibility index (Phi) is 4.03. The number of hydrogen-bond donors (Lipinski definition) is 2. The maximum absolute atomic E-state index is 12.7. The van der Waals surface area contributed by atoms with Crippen LogP contribution < -0.4 is 11.1 Å². The predicted molar refractivity (Wildman–Crippen MR) is 55.5 cm³/mol. The molecule has 3 nitrogen and oxygen atoms in total. The number of halogens is 2. The first-order valence-corrected chi connectivity index (χ1v) is 4.87. The van der Waals surface area contributed by atoms with Crippen LogP contribution in [0.1, 0.15) is 10.4 Å². The van der Waals surface area contributed by atoms with E-state index in [0.29, 0.717) is 23.1 Å². The van der Waals surface area contributed by atoms with Crippen molar-refractivity contribution in [3.05, 3.63) is 34.1 Å². The Morgan fingerprint density at radius 1 is 1.57 bits per heavy atom. The van der Waals surface area contributed by atoms with Gasteiger partial charge in [-0.05, 0) is 34.1 Å². The van der Waals surface area contributed by atoms with Crippen molar-refractivity contribution in [3.63, 3.8) is 0 Å². The number of nitrogens with two attached hydrogens (primary N) is 1. The molecule has 0 saturated heterocycles. The molecular formula is C9H10BrFN2O. The molecule has 5 heteroatoms. The maximum Gasteiger partial charge on any atom is 0.252 e. The lowest BCUT2D eigenvalue weighted by Crippen LogP contribution is -2.29. The highest BCUT2D eigenvalue weighted by Crippen LogP contribution is 2.17. The van der Waals surface area contributed by atoms with Crippen molar-refractivity contribution >= 4 is 21.8 Å². The Labute approximate surface area is 89.6 Å². The van der Waals surface area contributed by atoms with E-state index in [1.54, 1.807) is 0 Å². The molecule has 1 aromatic carbocycles. The molecule has 1 amide bonds. The molecule has 0 saturated carbocycles. The standard InChI is InChI=1S/C9H10BrFN2O/c10-8-5-6(11)1-2-7(8)9(14)13-4-3-12/h1-2,5H,3-4,12H2,(H,13,14). The van der Waals surface area contributed by atoms with E-state index < -0.39 is 0 Å². The van der Waals surface area contributed by atoms with E-state index in [1.165, 1.54) is 18.2 Å². The third kappa shape index (κ3) is 2.78. The summed E-state index contributed by atoms with van der Waals surface area (Å²) in [6, 6.07) is 3.91. The normalized spacial score (nSPS) is 9.93. The number of amides is 1. The number of carbonyl (C=O) groups is 1. The van der Waals surface area contributed by atoms with Gasteiger partial charge in [-0.15, -0.1) is 0 Å². The van der Waals surface area contributed by atoms with Crippen molar-refractivity contribution in [2.75, 3.05) is 13.1 Å². The van der Waals surface area contributed by atoms with Crippen molar-refractivity contribution in [3.8, 4) is 0 Å². The minimum Gasteiger partial charge on any atom is -0.351 e. The van der Waals surface area contributed by atoms with Gasteiger partial charge in [0.05, 0.1) is 5.56 Å². The molecule has 0 bridgehead atoms. The minimum atomic E-state index is -0.382. The summed E-state index contributed by atoms with van der Waals surface area (Å²) in [6.45, 7) is 0.785. The fraction of sp³-hybridized carbons (Fsp3) is 0.222. The fourth-order valence-corrected chi connectivity index (χ4v) is 1.49. The molecule has 1 aromatic rings. The zero-order chi connectivity index (χ0) is 10.6. The third-order valence-electron chi connectivity index (χ3n) is 1.61. The summed E-state index contributed by atoms with van der Waals surface area (Å²) in [6.07, 6.45) is 0. The number of carbonyl (C=O) groups excluding carboxylic acids is 1. The number of rotatable bonds is 3. The highest BCUT2D eigenvalue weighted by molar-refractivity contribution is 9.10. The molecule has 3 N–H and O–H groups in total. The Hall–Kier alpha value is -0.940. The molecule has 0 radical (unpaired) electrons. The van der Waals surface area contributed by atoms with Crippen molar-refractivity contribution in [2.45, 2.75) is 0 Å². The molecule has 0 spiro atoms. The van der Waals surface area contributed by atoms with E-state index in [0.717, 1.165) is 0 Å². The Morgan fingerprint density at radius 2 is 2.29 bits per heavy atom. The van der Waals surface area contributed by atoms with Gasteiger partial charge in [0.1, 0.15) is 5.82 Å². The van der Waals surface area contributed by atoms with Crippen LogP contribution in [-0.4, -0.2) is 19.0 Å². The zero-order valence-corrected chi connectivity index (χ0v) is 8.97. The van der Waals surface area contributed by atoms with Gasteiger partial charge in [0.15, 0.2) is 0 Å². The topological polar surface area (TPSA) is 55.1 Å². The largest absolute Gasteiger partial charge is 0.351 e. The molecule has 14 heavy (non-hydrogen) atoms. The number of hydrogen-bond acceptors (Lipinski definition) is 2. The van der Waals surface area contributed by atoms with Crippen LogP contribution in [-0.2, 0) is 0 Å². The lowest BCUT2D eigenvalue weighted by atomic mass is 10.2. The van der Waals surface area contributed by atoms with Gasteiger partial charge in [0.2, 0.25) is 0 Å². The number of benzene rings is 1. The van der Waals surface area contributed by atoms with Crippen LogP contribution in [0.4, 0.5) is 4.39 Å². The van der Waals surface area contributed by atoms with Crippen LogP contribution in [0.3, 0.4) is 0 Å². The first kappa shape index (κ1) is 11.1. The molecule has 0 aliphatic carbocycles. The summed E-state index contributed by atoms with van der Waals surface area (Å²) in [5, 5.41) is 2.59. The zero-order valence-electron chi connectivity index (χ0n) is 7.39. The quantitative estimate of drug-likeness (QED) is 0.861. The summed E-state index contributed by atoms with van der Waals surface area (Å²) in [5.74, 6) is -0.644. The highest BCUT2D eigenvalue weighted by Gasteiger charge is 2.09. The first-order chi connectivity index (χ1) is 6.65. The second-order valence-electron chi connectivity index (χ2n) is 2.67. The average Bonchev–Trinajstić information content (AvgIpc) is 2.14. The van der Waals surface area contributed by atoms with E-state index >= 15 is 0 Å². The lowest BCUT2D eigenvalue weighted by molar-refractivity contribution is 0.0954. The van der Waals surface area contributed by atoms with Crippen LogP contribution in [0, 0.1) is 5.82 Å². The Balaban J connectivity index is 2.80. The summed E-state index contributed by atoms with van der Waals surface area (Å²) in [7, 11) is 0. The minimum absolute atomic E-state index is 0.262. The van der Waals surface area contributed by atoms with Gasteiger partial charge in [-0.25, -0.2) is 4.39 Å². The molecule has 0 heterocycles. The monoisotopic (exact) mass is 260 g/mol. The molecule has 0 aliphatic heterocycles. The highest BCUT2D eigenvalue weighted by atomic mass is 79.9. The Bertz CT molecular complexity index is 344. The van der Waals surface area contributed by atoms with Crippen LogP contribution in [0.25, 0.3) is 0 Å². The molecule has 0 fully saturated rings. The van der Waals surface area contributed by atoms with E-state index in [2.05, 4.69) is 21.2 Å². The molecule has 0 atom stereocenters. The van der Waals surface area contributed by atoms with Crippen LogP contribution in [0.2, 0.25) is 0 Å². The molecule has 76 valence electrons. The lowest BCUT2D eigenvalue weighted by Gasteiger charge is -2.05. The van der Waals surface area contributed by atoms with Crippen LogP contribution >= 0.6 is 15.9 Å². The van der Waals surface area contributed by atoms with Gasteiger partial charge >= 0.3 is 0 Å². The molecular weight excluding hydrogens is 251 g/mol. The average molecular weight is 261 g/mol. The third-order valence-corrected chi connectivity index (χ3v) is 2.26. The van der Waals surface area contributed by atoms with Gasteiger partial charge in [-0.2, -0.15) is 0 Å². The van der Waals surface area contributed by atoms with Gasteiger partial charge in [-0.3, -0.25) is 4.79 Å². The van der Waals surface area contributed by atoms with Crippen molar-refractivity contribution in [1.82, 2.24) is 5.32 Å². The maximum atomic E-state index is 12.7. The predicted octanol–water partition coefficient (Wildman–Crippen LogP) is 1.28. The fourth-order valence-electron chi connectivity index (χ4n) is 0.955. The van der Waals surface area contributed by atoms with E-state index in [4.69, 9.17) is 5.73 Å². The van der Waals surface area contributed by atoms with Gasteiger partial charge in [0.25, 0.3) is 5.91 Å². The van der Waals surface area contributed by atoms with Crippen molar-refractivity contribution in [1.29, 1.82) is 0 Å². The van der Waals surface area contributed by atoms with Crippen LogP contribution in [0.5, 0.6) is 0 Å². The van der Waals surface area contributed by atoms with Crippen LogP contribution in [0.15, 0.2) is 22.7 Å². The van der Waals surface area contributed by atoms with E-state index in [9.17, 15) is 9.18 Å². The van der Waals surface area contributed by atoms with Gasteiger partial charge < -0.3 is 11.1 Å². The Morgan fingerprint density at radius 3 is 2.86 bits per heavy atom. The van der Waals surface area contributed by atoms with E-state index in [-0.39, 0.29) is 11.7 Å². The summed E-state index contributed by atoms with van der Waals surface area (Å²) in [4.78, 5) is 11.4. The first-order valence-electron chi connectivity index (χ1n) is 4.08. The smallest absolute Gasteiger partial charge is 0.252 e. The second kappa shape index (κ2) is 5.07. The van der Waals surface area contributed by atoms with Gasteiger partial charge in [0, 0.05) is 17.6 Å². The number of nitrogens with one attached hydrogen (secondary N) is 1. The molecule has 0 aliphatic rings. The molecule has 0 aromatic heterocycles. The SMILES string of the molecule is NCCNC(=O)c1ccc(F)cc1Br. The van der Waals surface area contributed by atoms with Crippen molar-refractivity contribution in [2.24, 2.45) is 5.73 Å². The molecule has 0 unspecified atom stereocenters. The van der Waals surface area contributed by atoms with Crippen molar-refractivity contribution < 1.29 is 9.18 Å². The summed E-state index contributed by atoms with van der Waals surface area (Å²) >= 11 is 3.11. The summed E-state index contributed by atoms with van der Waals surface area (Å²) in [5.41, 5.74) is 5.63. The van der Waals surface area contributed by atoms with Gasteiger partial charge in [-0.1, -0.05) is 0 Å².